The lowest BCUT2D eigenvalue weighted by molar-refractivity contribution is -0.146. The number of benzene rings is 2. The Labute approximate surface area is 157 Å². The van der Waals surface area contributed by atoms with E-state index >= 15 is 0 Å². The number of halogens is 2. The van der Waals surface area contributed by atoms with Crippen LogP contribution in [-0.4, -0.2) is 15.6 Å². The van der Waals surface area contributed by atoms with Gasteiger partial charge in [0.1, 0.15) is 5.82 Å². The van der Waals surface area contributed by atoms with Crippen LogP contribution in [0.2, 0.25) is 5.02 Å². The van der Waals surface area contributed by atoms with E-state index in [2.05, 4.69) is 4.57 Å². The summed E-state index contributed by atoms with van der Waals surface area (Å²) in [7, 11) is 0. The molecule has 1 aromatic heterocycles. The second-order valence-corrected chi connectivity index (χ2v) is 7.75. The van der Waals surface area contributed by atoms with E-state index in [0.717, 1.165) is 27.7 Å². The highest BCUT2D eigenvalue weighted by molar-refractivity contribution is 6.30. The van der Waals surface area contributed by atoms with Crippen molar-refractivity contribution >= 4 is 28.5 Å². The molecule has 5 heteroatoms. The summed E-state index contributed by atoms with van der Waals surface area (Å²) >= 11 is 5.97. The average molecular weight is 374 g/mol. The predicted octanol–water partition coefficient (Wildman–Crippen LogP) is 5.44. The first-order chi connectivity index (χ1) is 12.2. The van der Waals surface area contributed by atoms with Gasteiger partial charge < -0.3 is 9.67 Å². The third-order valence-electron chi connectivity index (χ3n) is 4.85. The molecule has 0 unspecified atom stereocenters. The third-order valence-corrected chi connectivity index (χ3v) is 5.11. The fourth-order valence-electron chi connectivity index (χ4n) is 3.22. The van der Waals surface area contributed by atoms with Crippen LogP contribution in [0.4, 0.5) is 4.39 Å². The molecule has 0 radical (unpaired) electrons. The van der Waals surface area contributed by atoms with Gasteiger partial charge in [-0.3, -0.25) is 4.79 Å². The fourth-order valence-corrected chi connectivity index (χ4v) is 3.35. The summed E-state index contributed by atoms with van der Waals surface area (Å²) < 4.78 is 15.9. The molecule has 0 fully saturated rings. The number of carbonyl (C=O) groups is 1. The highest BCUT2D eigenvalue weighted by Crippen LogP contribution is 2.32. The largest absolute Gasteiger partial charge is 0.481 e. The van der Waals surface area contributed by atoms with E-state index in [4.69, 9.17) is 11.6 Å². The normalized spacial score (nSPS) is 11.9. The van der Waals surface area contributed by atoms with E-state index in [1.807, 2.05) is 31.2 Å². The van der Waals surface area contributed by atoms with Crippen molar-refractivity contribution in [2.45, 2.75) is 33.7 Å². The number of aryl methyl sites for hydroxylation is 1. The molecule has 3 nitrogen and oxygen atoms in total. The molecule has 0 aliphatic carbocycles. The van der Waals surface area contributed by atoms with Crippen LogP contribution in [0.25, 0.3) is 10.9 Å². The van der Waals surface area contributed by atoms with Gasteiger partial charge in [-0.1, -0.05) is 23.7 Å². The number of rotatable bonds is 5. The molecule has 3 rings (SSSR count). The van der Waals surface area contributed by atoms with Crippen molar-refractivity contribution in [3.8, 4) is 0 Å². The Bertz CT molecular complexity index is 974. The molecule has 0 saturated carbocycles. The Balaban J connectivity index is 2.16. The Morgan fingerprint density at radius 2 is 1.85 bits per heavy atom. The lowest BCUT2D eigenvalue weighted by atomic mass is 9.87. The zero-order valence-corrected chi connectivity index (χ0v) is 15.8. The fraction of sp³-hybridized carbons (Fsp3) is 0.286. The second kappa shape index (κ2) is 6.76. The third kappa shape index (κ3) is 3.47. The first-order valence-electron chi connectivity index (χ1n) is 8.44. The minimum absolute atomic E-state index is 0.298. The molecule has 1 heterocycles. The van der Waals surface area contributed by atoms with Crippen molar-refractivity contribution in [3.05, 3.63) is 70.1 Å². The molecule has 1 N–H and O–H groups in total. The number of carboxylic acid groups (broad SMARTS) is 1. The summed E-state index contributed by atoms with van der Waals surface area (Å²) in [6.45, 7) is 5.91. The number of hydrogen-bond donors (Lipinski definition) is 1. The van der Waals surface area contributed by atoms with Crippen LogP contribution in [0.1, 0.15) is 30.7 Å². The van der Waals surface area contributed by atoms with Gasteiger partial charge >= 0.3 is 5.97 Å². The monoisotopic (exact) mass is 373 g/mol. The minimum Gasteiger partial charge on any atom is -0.481 e. The number of hydrogen-bond acceptors (Lipinski definition) is 1. The molecule has 0 spiro atoms. The van der Waals surface area contributed by atoms with Gasteiger partial charge in [0.2, 0.25) is 0 Å². The first-order valence-corrected chi connectivity index (χ1v) is 8.82. The van der Waals surface area contributed by atoms with Gasteiger partial charge in [0.25, 0.3) is 0 Å². The number of nitrogens with zero attached hydrogens (tertiary/aromatic N) is 1. The molecule has 0 aliphatic heterocycles. The van der Waals surface area contributed by atoms with E-state index in [0.29, 0.717) is 18.0 Å². The zero-order chi connectivity index (χ0) is 19.1. The lowest BCUT2D eigenvalue weighted by Gasteiger charge is -2.21. The van der Waals surface area contributed by atoms with Crippen LogP contribution >= 0.6 is 11.6 Å². The van der Waals surface area contributed by atoms with Crippen LogP contribution < -0.4 is 0 Å². The summed E-state index contributed by atoms with van der Waals surface area (Å²) in [6, 6.07) is 12.3. The number of fused-ring (bicyclic) bond motifs is 1. The van der Waals surface area contributed by atoms with E-state index < -0.39 is 11.4 Å². The quantitative estimate of drug-likeness (QED) is 0.646. The predicted molar refractivity (Wildman–Crippen MR) is 102 cm³/mol. The Hall–Kier alpha value is -2.33. The molecule has 0 amide bonds. The van der Waals surface area contributed by atoms with Crippen LogP contribution in [0.15, 0.2) is 42.5 Å². The van der Waals surface area contributed by atoms with Gasteiger partial charge in [-0.2, -0.15) is 0 Å². The van der Waals surface area contributed by atoms with Gasteiger partial charge in [-0.25, -0.2) is 4.39 Å². The second-order valence-electron chi connectivity index (χ2n) is 7.31. The first kappa shape index (κ1) is 18.5. The van der Waals surface area contributed by atoms with Crippen LogP contribution in [0.3, 0.4) is 0 Å². The maximum Gasteiger partial charge on any atom is 0.309 e. The maximum atomic E-state index is 13.8. The molecule has 26 heavy (non-hydrogen) atoms. The highest BCUT2D eigenvalue weighted by atomic mass is 35.5. The topological polar surface area (TPSA) is 42.2 Å². The molecule has 0 bridgehead atoms. The van der Waals surface area contributed by atoms with E-state index in [9.17, 15) is 14.3 Å². The van der Waals surface area contributed by atoms with Gasteiger partial charge in [-0.05, 0) is 62.2 Å². The average Bonchev–Trinajstić information content (AvgIpc) is 2.81. The summed E-state index contributed by atoms with van der Waals surface area (Å²) in [4.78, 5) is 11.6. The minimum atomic E-state index is -0.921. The summed E-state index contributed by atoms with van der Waals surface area (Å²) in [5, 5.41) is 11.0. The molecule has 3 aromatic rings. The SMILES string of the molecule is Cc1c(CC(C)(C)C(=O)O)n(Cc2ccc(Cl)cc2)c2ccc(F)cc12. The molecule has 2 aromatic carbocycles. The number of aromatic nitrogens is 1. The molecule has 0 saturated heterocycles. The maximum absolute atomic E-state index is 13.8. The van der Waals surface area contributed by atoms with Crippen LogP contribution in [0.5, 0.6) is 0 Å². The smallest absolute Gasteiger partial charge is 0.309 e. The summed E-state index contributed by atoms with van der Waals surface area (Å²) in [6.07, 6.45) is 0.359. The summed E-state index contributed by atoms with van der Waals surface area (Å²) in [5.41, 5.74) is 2.85. The summed E-state index contributed by atoms with van der Waals surface area (Å²) in [5.74, 6) is -1.15. The molecule has 0 atom stereocenters. The Morgan fingerprint density at radius 1 is 1.19 bits per heavy atom. The van der Waals surface area contributed by atoms with Crippen LogP contribution in [-0.2, 0) is 17.8 Å². The Morgan fingerprint density at radius 3 is 2.46 bits per heavy atom. The van der Waals surface area contributed by atoms with Crippen molar-refractivity contribution in [2.24, 2.45) is 5.41 Å². The van der Waals surface area contributed by atoms with Crippen molar-refractivity contribution in [1.29, 1.82) is 0 Å². The van der Waals surface area contributed by atoms with Gasteiger partial charge in [0, 0.05) is 34.6 Å². The van der Waals surface area contributed by atoms with E-state index in [-0.39, 0.29) is 5.82 Å². The molecule has 0 aliphatic rings. The lowest BCUT2D eigenvalue weighted by Crippen LogP contribution is -2.27. The molecular weight excluding hydrogens is 353 g/mol. The standard InChI is InChI=1S/C21H21ClFNO2/c1-13-17-10-16(23)8-9-18(17)24(12-14-4-6-15(22)7-5-14)19(13)11-21(2,3)20(25)26/h4-10H,11-12H2,1-3H3,(H,25,26). The van der Waals surface area contributed by atoms with Gasteiger partial charge in [0.05, 0.1) is 5.41 Å². The van der Waals surface area contributed by atoms with Gasteiger partial charge in [0.15, 0.2) is 0 Å². The van der Waals surface area contributed by atoms with E-state index in [1.54, 1.807) is 19.9 Å². The zero-order valence-electron chi connectivity index (χ0n) is 15.0. The number of aliphatic carboxylic acids is 1. The van der Waals surface area contributed by atoms with Crippen molar-refractivity contribution in [1.82, 2.24) is 4.57 Å². The number of carboxylic acids is 1. The van der Waals surface area contributed by atoms with Crippen molar-refractivity contribution in [3.63, 3.8) is 0 Å². The molecule has 136 valence electrons. The van der Waals surface area contributed by atoms with Crippen LogP contribution in [0, 0.1) is 18.2 Å². The molecular formula is C21H21ClFNO2. The highest BCUT2D eigenvalue weighted by Gasteiger charge is 2.30. The van der Waals surface area contributed by atoms with Crippen molar-refractivity contribution < 1.29 is 14.3 Å². The Kier molecular flexibility index (Phi) is 4.80. The van der Waals surface area contributed by atoms with Crippen molar-refractivity contribution in [2.75, 3.05) is 0 Å². The van der Waals surface area contributed by atoms with E-state index in [1.165, 1.54) is 12.1 Å². The van der Waals surface area contributed by atoms with Gasteiger partial charge in [-0.15, -0.1) is 0 Å².